The molecule has 0 aliphatic rings. The zero-order chi connectivity index (χ0) is 21.1. The lowest BCUT2D eigenvalue weighted by atomic mass is 10.1. The molecule has 0 saturated carbocycles. The van der Waals surface area contributed by atoms with Gasteiger partial charge in [-0.25, -0.2) is 4.98 Å². The van der Waals surface area contributed by atoms with E-state index < -0.39 is 0 Å². The summed E-state index contributed by atoms with van der Waals surface area (Å²) >= 11 is 5.33. The fraction of sp³-hybridized carbons (Fsp3) is 0.0870. The quantitative estimate of drug-likeness (QED) is 0.421. The summed E-state index contributed by atoms with van der Waals surface area (Å²) < 4.78 is 5.35. The number of fused-ring (bicyclic) bond motifs is 1. The van der Waals surface area contributed by atoms with Crippen LogP contribution in [0.2, 0.25) is 0 Å². The highest BCUT2D eigenvalue weighted by molar-refractivity contribution is 7.80. The summed E-state index contributed by atoms with van der Waals surface area (Å²) in [6.45, 7) is 1.88. The predicted molar refractivity (Wildman–Crippen MR) is 123 cm³/mol. The molecule has 3 N–H and O–H groups in total. The maximum absolute atomic E-state index is 12.6. The molecule has 0 aliphatic carbocycles. The van der Waals surface area contributed by atoms with Crippen molar-refractivity contribution in [1.82, 2.24) is 15.3 Å². The molecule has 30 heavy (non-hydrogen) atoms. The van der Waals surface area contributed by atoms with Crippen LogP contribution < -0.4 is 15.4 Å². The molecule has 7 heteroatoms. The smallest absolute Gasteiger partial charge is 0.261 e. The third kappa shape index (κ3) is 4.01. The van der Waals surface area contributed by atoms with Crippen LogP contribution in [-0.2, 0) is 0 Å². The molecule has 0 atom stereocenters. The van der Waals surface area contributed by atoms with Crippen molar-refractivity contribution in [3.8, 4) is 17.1 Å². The second-order valence-corrected chi connectivity index (χ2v) is 7.16. The Hall–Kier alpha value is -3.71. The number of hydrogen-bond donors (Lipinski definition) is 3. The van der Waals surface area contributed by atoms with E-state index in [9.17, 15) is 4.79 Å². The van der Waals surface area contributed by atoms with Gasteiger partial charge in [0.25, 0.3) is 5.91 Å². The van der Waals surface area contributed by atoms with Crippen LogP contribution in [0.25, 0.3) is 22.4 Å². The molecule has 0 bridgehead atoms. The van der Waals surface area contributed by atoms with Crippen molar-refractivity contribution < 1.29 is 9.53 Å². The predicted octanol–water partition coefficient (Wildman–Crippen LogP) is 4.67. The molecule has 0 aliphatic heterocycles. The topological polar surface area (TPSA) is 79.0 Å². The first-order valence-electron chi connectivity index (χ1n) is 9.36. The average Bonchev–Trinajstić information content (AvgIpc) is 3.18. The molecule has 0 radical (unpaired) electrons. The summed E-state index contributed by atoms with van der Waals surface area (Å²) in [4.78, 5) is 20.6. The number of carbonyl (C=O) groups excluding carboxylic acids is 1. The highest BCUT2D eigenvalue weighted by Gasteiger charge is 2.15. The van der Waals surface area contributed by atoms with Crippen molar-refractivity contribution in [3.63, 3.8) is 0 Å². The van der Waals surface area contributed by atoms with E-state index in [1.165, 1.54) is 0 Å². The molecule has 0 unspecified atom stereocenters. The Morgan fingerprint density at radius 1 is 1.07 bits per heavy atom. The molecule has 6 nitrogen and oxygen atoms in total. The number of aryl methyl sites for hydroxylation is 1. The van der Waals surface area contributed by atoms with Crippen molar-refractivity contribution in [1.29, 1.82) is 0 Å². The van der Waals surface area contributed by atoms with Crippen molar-refractivity contribution in [2.75, 3.05) is 12.4 Å². The highest BCUT2D eigenvalue weighted by atomic mass is 32.1. The van der Waals surface area contributed by atoms with E-state index in [1.807, 2.05) is 61.5 Å². The van der Waals surface area contributed by atoms with Crippen LogP contribution in [0.1, 0.15) is 15.9 Å². The van der Waals surface area contributed by atoms with Gasteiger partial charge in [-0.2, -0.15) is 0 Å². The van der Waals surface area contributed by atoms with Crippen LogP contribution in [-0.4, -0.2) is 28.1 Å². The number of aromatic amines is 1. The van der Waals surface area contributed by atoms with Gasteiger partial charge in [0.05, 0.1) is 23.7 Å². The second-order valence-electron chi connectivity index (χ2n) is 6.75. The van der Waals surface area contributed by atoms with Gasteiger partial charge in [0, 0.05) is 11.3 Å². The van der Waals surface area contributed by atoms with E-state index in [4.69, 9.17) is 17.0 Å². The number of rotatable bonds is 4. The lowest BCUT2D eigenvalue weighted by Crippen LogP contribution is -2.34. The largest absolute Gasteiger partial charge is 0.496 e. The van der Waals surface area contributed by atoms with Crippen molar-refractivity contribution in [2.45, 2.75) is 6.92 Å². The molecule has 4 aromatic rings. The number of benzene rings is 3. The van der Waals surface area contributed by atoms with Gasteiger partial charge < -0.3 is 15.0 Å². The number of thiocarbonyl (C=S) groups is 1. The summed E-state index contributed by atoms with van der Waals surface area (Å²) in [5, 5.41) is 5.96. The normalized spacial score (nSPS) is 10.6. The fourth-order valence-electron chi connectivity index (χ4n) is 3.27. The van der Waals surface area contributed by atoms with Gasteiger partial charge in [0.15, 0.2) is 5.11 Å². The zero-order valence-corrected chi connectivity index (χ0v) is 17.3. The Bertz CT molecular complexity index is 1220. The molecule has 0 saturated heterocycles. The minimum absolute atomic E-state index is 0.199. The first kappa shape index (κ1) is 19.6. The number of hydrogen-bond acceptors (Lipinski definition) is 4. The Balaban J connectivity index is 1.49. The minimum Gasteiger partial charge on any atom is -0.496 e. The Morgan fingerprint density at radius 3 is 2.67 bits per heavy atom. The first-order valence-corrected chi connectivity index (χ1v) is 9.77. The third-order valence-corrected chi connectivity index (χ3v) is 4.88. The number of carbonyl (C=O) groups is 1. The summed E-state index contributed by atoms with van der Waals surface area (Å²) in [5.41, 5.74) is 4.84. The summed E-state index contributed by atoms with van der Waals surface area (Å²) in [6, 6.07) is 20.9. The summed E-state index contributed by atoms with van der Waals surface area (Å²) in [7, 11) is 1.54. The SMILES string of the molecule is COc1c(C)cccc1C(=O)NC(=S)Nc1cccc(-c2nc3ccccc3[nH]2)c1. The Labute approximate surface area is 179 Å². The number of nitrogens with zero attached hydrogens (tertiary/aromatic N) is 1. The molecular weight excluding hydrogens is 396 g/mol. The molecule has 0 spiro atoms. The minimum atomic E-state index is -0.332. The maximum Gasteiger partial charge on any atom is 0.261 e. The molecule has 1 amide bonds. The number of amides is 1. The highest BCUT2D eigenvalue weighted by Crippen LogP contribution is 2.24. The van der Waals surface area contributed by atoms with E-state index in [0.717, 1.165) is 33.7 Å². The lowest BCUT2D eigenvalue weighted by Gasteiger charge is -2.13. The van der Waals surface area contributed by atoms with Crippen LogP contribution in [0.15, 0.2) is 66.7 Å². The van der Waals surface area contributed by atoms with Gasteiger partial charge in [-0.3, -0.25) is 10.1 Å². The van der Waals surface area contributed by atoms with Crippen LogP contribution >= 0.6 is 12.2 Å². The van der Waals surface area contributed by atoms with Gasteiger partial charge in [-0.05, 0) is 55.0 Å². The van der Waals surface area contributed by atoms with Crippen LogP contribution in [0.4, 0.5) is 5.69 Å². The van der Waals surface area contributed by atoms with E-state index in [-0.39, 0.29) is 11.0 Å². The van der Waals surface area contributed by atoms with Crippen LogP contribution in [0, 0.1) is 6.92 Å². The molecule has 3 aromatic carbocycles. The van der Waals surface area contributed by atoms with E-state index in [0.29, 0.717) is 11.3 Å². The van der Waals surface area contributed by atoms with Crippen molar-refractivity contribution >= 4 is 40.0 Å². The van der Waals surface area contributed by atoms with Crippen LogP contribution in [0.5, 0.6) is 5.75 Å². The Morgan fingerprint density at radius 2 is 1.87 bits per heavy atom. The number of aromatic nitrogens is 2. The number of methoxy groups -OCH3 is 1. The van der Waals surface area contributed by atoms with Gasteiger partial charge in [0.2, 0.25) is 0 Å². The van der Waals surface area contributed by atoms with E-state index >= 15 is 0 Å². The molecular formula is C23H20N4O2S. The first-order chi connectivity index (χ1) is 14.5. The van der Waals surface area contributed by atoms with Gasteiger partial charge in [-0.15, -0.1) is 0 Å². The summed E-state index contributed by atoms with van der Waals surface area (Å²) in [5.74, 6) is 0.963. The molecule has 4 rings (SSSR count). The zero-order valence-electron chi connectivity index (χ0n) is 16.5. The number of anilines is 1. The molecule has 150 valence electrons. The molecule has 1 aromatic heterocycles. The number of ether oxygens (including phenoxy) is 1. The Kier molecular flexibility index (Phi) is 5.45. The average molecular weight is 417 g/mol. The second kappa shape index (κ2) is 8.34. The fourth-order valence-corrected chi connectivity index (χ4v) is 3.48. The van der Waals surface area contributed by atoms with Crippen molar-refractivity contribution in [3.05, 3.63) is 77.9 Å². The van der Waals surface area contributed by atoms with Gasteiger partial charge in [-0.1, -0.05) is 36.4 Å². The van der Waals surface area contributed by atoms with Gasteiger partial charge >= 0.3 is 0 Å². The van der Waals surface area contributed by atoms with E-state index in [1.54, 1.807) is 19.2 Å². The molecule has 1 heterocycles. The summed E-state index contributed by atoms with van der Waals surface area (Å²) in [6.07, 6.45) is 0. The number of para-hydroxylation sites is 3. The number of H-pyrrole nitrogens is 1. The van der Waals surface area contributed by atoms with Crippen LogP contribution in [0.3, 0.4) is 0 Å². The monoisotopic (exact) mass is 416 g/mol. The standard InChI is InChI=1S/C23H20N4O2S/c1-14-7-5-10-17(20(14)29-2)22(28)27-23(30)24-16-9-6-8-15(13-16)21-25-18-11-3-4-12-19(18)26-21/h3-13H,1-2H3,(H,25,26)(H2,24,27,28,30). The van der Waals surface area contributed by atoms with Gasteiger partial charge in [0.1, 0.15) is 11.6 Å². The maximum atomic E-state index is 12.6. The van der Waals surface area contributed by atoms with E-state index in [2.05, 4.69) is 20.6 Å². The number of nitrogens with one attached hydrogen (secondary N) is 3. The molecule has 0 fully saturated rings. The third-order valence-electron chi connectivity index (χ3n) is 4.67. The lowest BCUT2D eigenvalue weighted by molar-refractivity contribution is 0.0974. The van der Waals surface area contributed by atoms with Crippen molar-refractivity contribution in [2.24, 2.45) is 0 Å². The number of imidazole rings is 1.